The van der Waals surface area contributed by atoms with Crippen molar-refractivity contribution in [1.82, 2.24) is 15.7 Å². The van der Waals surface area contributed by atoms with Crippen molar-refractivity contribution in [3.63, 3.8) is 0 Å². The van der Waals surface area contributed by atoms with E-state index in [-0.39, 0.29) is 12.1 Å². The molecule has 3 rings (SSSR count). The number of carbonyl (C=O) groups excluding carboxylic acids is 2. The molecule has 0 aromatic heterocycles. The van der Waals surface area contributed by atoms with Crippen LogP contribution in [0.1, 0.15) is 27.0 Å². The standard InChI is InChI=1S/C26H28FN3O5/c27-23(10-7-19-1-3-21(4-2-19)17-30-11-13-35-14-12-30)15-20-5-8-22(9-6-20)26(33)29-24(18-31)25(32)16-28-34/h1-6,8-9,15,18,24-25,28,32,34H,11-14,16-17H2,(H,29,33)/t24-,25+/m1/s1. The van der Waals surface area contributed by atoms with E-state index < -0.39 is 23.9 Å². The number of hydroxylamine groups is 1. The number of ether oxygens (including phenoxy) is 1. The molecule has 0 spiro atoms. The molecule has 184 valence electrons. The van der Waals surface area contributed by atoms with E-state index >= 15 is 0 Å². The van der Waals surface area contributed by atoms with E-state index in [1.165, 1.54) is 30.3 Å². The molecule has 0 unspecified atom stereocenters. The molecule has 8 nitrogen and oxygen atoms in total. The number of aldehydes is 1. The highest BCUT2D eigenvalue weighted by Gasteiger charge is 2.21. The van der Waals surface area contributed by atoms with Gasteiger partial charge in [0.1, 0.15) is 12.3 Å². The Morgan fingerprint density at radius 1 is 1.14 bits per heavy atom. The number of carbonyl (C=O) groups is 2. The summed E-state index contributed by atoms with van der Waals surface area (Å²) in [7, 11) is 0. The van der Waals surface area contributed by atoms with Crippen LogP contribution in [0.25, 0.3) is 6.08 Å². The van der Waals surface area contributed by atoms with Crippen LogP contribution in [0.15, 0.2) is 54.4 Å². The smallest absolute Gasteiger partial charge is 0.251 e. The fraction of sp³-hybridized carbons (Fsp3) is 0.308. The van der Waals surface area contributed by atoms with Crippen molar-refractivity contribution < 1.29 is 29.0 Å². The summed E-state index contributed by atoms with van der Waals surface area (Å²) in [5.41, 5.74) is 4.34. The van der Waals surface area contributed by atoms with E-state index in [2.05, 4.69) is 22.1 Å². The zero-order valence-electron chi connectivity index (χ0n) is 19.1. The number of nitrogens with zero attached hydrogens (tertiary/aromatic N) is 1. The Balaban J connectivity index is 1.56. The second kappa shape index (κ2) is 13.5. The molecule has 1 amide bonds. The van der Waals surface area contributed by atoms with Gasteiger partial charge in [-0.05, 0) is 47.4 Å². The highest BCUT2D eigenvalue weighted by Crippen LogP contribution is 2.12. The Bertz CT molecular complexity index is 1070. The Hall–Kier alpha value is -3.39. The van der Waals surface area contributed by atoms with Crippen LogP contribution in [0, 0.1) is 11.8 Å². The zero-order chi connectivity index (χ0) is 25.0. The monoisotopic (exact) mass is 481 g/mol. The minimum atomic E-state index is -1.29. The number of benzene rings is 2. The third-order valence-electron chi connectivity index (χ3n) is 5.42. The second-order valence-electron chi connectivity index (χ2n) is 8.01. The van der Waals surface area contributed by atoms with Crippen LogP contribution in [-0.2, 0) is 16.1 Å². The molecule has 2 atom stereocenters. The van der Waals surface area contributed by atoms with Crippen LogP contribution in [0.4, 0.5) is 4.39 Å². The number of morpholine rings is 1. The van der Waals surface area contributed by atoms with Crippen molar-refractivity contribution in [1.29, 1.82) is 0 Å². The van der Waals surface area contributed by atoms with Gasteiger partial charge >= 0.3 is 0 Å². The highest BCUT2D eigenvalue weighted by atomic mass is 19.1. The lowest BCUT2D eigenvalue weighted by Crippen LogP contribution is -2.48. The maximum Gasteiger partial charge on any atom is 0.251 e. The Kier molecular flexibility index (Phi) is 10.1. The molecule has 35 heavy (non-hydrogen) atoms. The lowest BCUT2D eigenvalue weighted by atomic mass is 10.1. The first-order valence-electron chi connectivity index (χ1n) is 11.2. The number of hydrogen-bond donors (Lipinski definition) is 4. The summed E-state index contributed by atoms with van der Waals surface area (Å²) in [6, 6.07) is 12.5. The summed E-state index contributed by atoms with van der Waals surface area (Å²) >= 11 is 0. The number of allylic oxidation sites excluding steroid dienone is 1. The fourth-order valence-corrected chi connectivity index (χ4v) is 3.43. The van der Waals surface area contributed by atoms with Crippen LogP contribution in [0.3, 0.4) is 0 Å². The first kappa shape index (κ1) is 26.2. The summed E-state index contributed by atoms with van der Waals surface area (Å²) < 4.78 is 19.7. The van der Waals surface area contributed by atoms with Gasteiger partial charge in [-0.25, -0.2) is 5.48 Å². The lowest BCUT2D eigenvalue weighted by molar-refractivity contribution is -0.112. The van der Waals surface area contributed by atoms with Crippen LogP contribution >= 0.6 is 0 Å². The number of hydrogen-bond acceptors (Lipinski definition) is 7. The molecule has 2 aromatic rings. The Labute approximate surface area is 203 Å². The number of rotatable bonds is 9. The molecule has 1 aliphatic rings. The normalized spacial score (nSPS) is 16.0. The molecule has 0 saturated carbocycles. The van der Waals surface area contributed by atoms with E-state index in [0.29, 0.717) is 17.4 Å². The topological polar surface area (TPSA) is 111 Å². The third-order valence-corrected chi connectivity index (χ3v) is 5.42. The maximum absolute atomic E-state index is 14.3. The van der Waals surface area contributed by atoms with Crippen molar-refractivity contribution in [2.24, 2.45) is 0 Å². The summed E-state index contributed by atoms with van der Waals surface area (Å²) in [5, 5.41) is 20.7. The van der Waals surface area contributed by atoms with Gasteiger partial charge in [-0.3, -0.25) is 9.69 Å². The number of aliphatic hydroxyl groups excluding tert-OH is 1. The van der Waals surface area contributed by atoms with Gasteiger partial charge in [0.2, 0.25) is 0 Å². The van der Waals surface area contributed by atoms with Crippen LogP contribution in [0.2, 0.25) is 0 Å². The third kappa shape index (κ3) is 8.40. The molecule has 1 saturated heterocycles. The average molecular weight is 482 g/mol. The van der Waals surface area contributed by atoms with Gasteiger partial charge in [-0.1, -0.05) is 30.2 Å². The average Bonchev–Trinajstić information content (AvgIpc) is 2.88. The molecule has 0 aliphatic carbocycles. The van der Waals surface area contributed by atoms with Gasteiger partial charge in [0.05, 0.1) is 19.3 Å². The highest BCUT2D eigenvalue weighted by molar-refractivity contribution is 5.95. The Morgan fingerprint density at radius 3 is 2.46 bits per heavy atom. The van der Waals surface area contributed by atoms with E-state index in [0.717, 1.165) is 38.4 Å². The number of halogens is 1. The molecular weight excluding hydrogens is 453 g/mol. The predicted octanol–water partition coefficient (Wildman–Crippen LogP) is 1.52. The van der Waals surface area contributed by atoms with Gasteiger partial charge in [-0.15, -0.1) is 0 Å². The lowest BCUT2D eigenvalue weighted by Gasteiger charge is -2.26. The maximum atomic E-state index is 14.3. The number of amides is 1. The van der Waals surface area contributed by atoms with Gasteiger partial charge in [0, 0.05) is 37.3 Å². The SMILES string of the molecule is O=C[C@@H](NC(=O)c1ccc(C=C(F)C#Cc2ccc(CN3CCOCC3)cc2)cc1)[C@@H](O)CNO. The summed E-state index contributed by atoms with van der Waals surface area (Å²) in [5.74, 6) is 4.08. The van der Waals surface area contributed by atoms with E-state index in [1.54, 1.807) is 5.48 Å². The predicted molar refractivity (Wildman–Crippen MR) is 128 cm³/mol. The molecule has 1 aliphatic heterocycles. The van der Waals surface area contributed by atoms with Gasteiger partial charge < -0.3 is 25.2 Å². The van der Waals surface area contributed by atoms with Crippen molar-refractivity contribution in [3.8, 4) is 11.8 Å². The molecule has 0 bridgehead atoms. The molecule has 4 N–H and O–H groups in total. The van der Waals surface area contributed by atoms with Gasteiger partial charge in [0.15, 0.2) is 5.83 Å². The van der Waals surface area contributed by atoms with Crippen molar-refractivity contribution in [2.75, 3.05) is 32.8 Å². The number of nitrogens with one attached hydrogen (secondary N) is 2. The van der Waals surface area contributed by atoms with Crippen molar-refractivity contribution in [3.05, 3.63) is 76.6 Å². The molecule has 1 heterocycles. The first-order chi connectivity index (χ1) is 17.0. The van der Waals surface area contributed by atoms with E-state index in [4.69, 9.17) is 9.94 Å². The number of aliphatic hydroxyl groups is 1. The van der Waals surface area contributed by atoms with E-state index in [9.17, 15) is 19.1 Å². The second-order valence-corrected chi connectivity index (χ2v) is 8.01. The quantitative estimate of drug-likeness (QED) is 0.244. The fourth-order valence-electron chi connectivity index (χ4n) is 3.43. The molecule has 1 fully saturated rings. The molecule has 2 aromatic carbocycles. The summed E-state index contributed by atoms with van der Waals surface area (Å²) in [6.07, 6.45) is 0.340. The zero-order valence-corrected chi connectivity index (χ0v) is 19.1. The molecule has 0 radical (unpaired) electrons. The Morgan fingerprint density at radius 2 is 1.83 bits per heavy atom. The van der Waals surface area contributed by atoms with Gasteiger partial charge in [-0.2, -0.15) is 4.39 Å². The largest absolute Gasteiger partial charge is 0.389 e. The minimum absolute atomic E-state index is 0.224. The van der Waals surface area contributed by atoms with Crippen LogP contribution in [-0.4, -0.2) is 72.4 Å². The summed E-state index contributed by atoms with van der Waals surface area (Å²) in [6.45, 7) is 3.88. The van der Waals surface area contributed by atoms with Crippen molar-refractivity contribution in [2.45, 2.75) is 18.7 Å². The summed E-state index contributed by atoms with van der Waals surface area (Å²) in [4.78, 5) is 25.7. The molecular formula is C26H28FN3O5. The van der Waals surface area contributed by atoms with Crippen LogP contribution < -0.4 is 10.8 Å². The van der Waals surface area contributed by atoms with Gasteiger partial charge in [0.25, 0.3) is 5.91 Å². The van der Waals surface area contributed by atoms with Crippen molar-refractivity contribution >= 4 is 18.3 Å². The minimum Gasteiger partial charge on any atom is -0.389 e. The van der Waals surface area contributed by atoms with E-state index in [1.807, 2.05) is 24.3 Å². The molecule has 9 heteroatoms. The first-order valence-corrected chi connectivity index (χ1v) is 11.2. The van der Waals surface area contributed by atoms with Crippen LogP contribution in [0.5, 0.6) is 0 Å².